The molecule has 0 aromatic heterocycles. The summed E-state index contributed by atoms with van der Waals surface area (Å²) < 4.78 is 5.84. The van der Waals surface area contributed by atoms with Gasteiger partial charge >= 0.3 is 0 Å². The van der Waals surface area contributed by atoms with Gasteiger partial charge in [0.2, 0.25) is 0 Å². The number of hydrogen-bond donors (Lipinski definition) is 0. The van der Waals surface area contributed by atoms with E-state index >= 15 is 0 Å². The minimum absolute atomic E-state index is 0.116. The van der Waals surface area contributed by atoms with Crippen molar-refractivity contribution in [1.82, 2.24) is 0 Å². The Hall–Kier alpha value is -2.27. The van der Waals surface area contributed by atoms with Crippen molar-refractivity contribution in [3.05, 3.63) is 65.2 Å². The summed E-state index contributed by atoms with van der Waals surface area (Å²) in [5, 5.41) is 9.07. The van der Waals surface area contributed by atoms with Gasteiger partial charge in [-0.05, 0) is 17.2 Å². The Morgan fingerprint density at radius 2 is 1.78 bits per heavy atom. The molecule has 18 heavy (non-hydrogen) atoms. The molecule has 2 aromatic rings. The van der Waals surface area contributed by atoms with Crippen molar-refractivity contribution >= 4 is 0 Å². The number of para-hydroxylation sites is 1. The van der Waals surface area contributed by atoms with Gasteiger partial charge in [0.15, 0.2) is 0 Å². The molecule has 2 aromatic carbocycles. The van der Waals surface area contributed by atoms with Crippen LogP contribution in [0.2, 0.25) is 0 Å². The van der Waals surface area contributed by atoms with E-state index in [-0.39, 0.29) is 5.92 Å². The van der Waals surface area contributed by atoms with Crippen LogP contribution in [0.25, 0.3) is 0 Å². The molecule has 1 heterocycles. The van der Waals surface area contributed by atoms with E-state index < -0.39 is 0 Å². The fourth-order valence-corrected chi connectivity index (χ4v) is 2.54. The van der Waals surface area contributed by atoms with Crippen LogP contribution in [-0.2, 0) is 6.61 Å². The van der Waals surface area contributed by atoms with Gasteiger partial charge in [0, 0.05) is 17.9 Å². The monoisotopic (exact) mass is 235 g/mol. The van der Waals surface area contributed by atoms with Gasteiger partial charge in [-0.15, -0.1) is 0 Å². The molecule has 0 saturated carbocycles. The van der Waals surface area contributed by atoms with Crippen molar-refractivity contribution in [3.8, 4) is 11.8 Å². The van der Waals surface area contributed by atoms with E-state index in [9.17, 15) is 0 Å². The smallest absolute Gasteiger partial charge is 0.123 e. The maximum absolute atomic E-state index is 9.07. The van der Waals surface area contributed by atoms with E-state index in [2.05, 4.69) is 24.3 Å². The van der Waals surface area contributed by atoms with Crippen molar-refractivity contribution in [2.24, 2.45) is 0 Å². The molecule has 3 rings (SSSR count). The highest BCUT2D eigenvalue weighted by atomic mass is 16.5. The van der Waals surface area contributed by atoms with E-state index in [0.29, 0.717) is 13.0 Å². The van der Waals surface area contributed by atoms with Crippen LogP contribution in [-0.4, -0.2) is 0 Å². The SMILES string of the molecule is N#CCC1c2ccccc2COc2ccccc21. The summed E-state index contributed by atoms with van der Waals surface area (Å²) in [6, 6.07) is 18.5. The summed E-state index contributed by atoms with van der Waals surface area (Å²) in [6.07, 6.45) is 0.484. The minimum Gasteiger partial charge on any atom is -0.489 e. The summed E-state index contributed by atoms with van der Waals surface area (Å²) in [7, 11) is 0. The first kappa shape index (κ1) is 10.9. The average Bonchev–Trinajstić information content (AvgIpc) is 2.58. The standard InChI is InChI=1S/C16H13NO/c17-10-9-14-13-6-2-1-5-12(13)11-18-16-8-4-3-7-15(14)16/h1-8,14H,9,11H2. The normalized spacial score (nSPS) is 16.7. The van der Waals surface area contributed by atoms with Crippen LogP contribution in [0.15, 0.2) is 48.5 Å². The fourth-order valence-electron chi connectivity index (χ4n) is 2.54. The lowest BCUT2D eigenvalue weighted by atomic mass is 9.86. The molecule has 1 aliphatic rings. The molecule has 0 saturated heterocycles. The summed E-state index contributed by atoms with van der Waals surface area (Å²) in [4.78, 5) is 0. The van der Waals surface area contributed by atoms with Crippen LogP contribution in [0.5, 0.6) is 5.75 Å². The molecule has 1 unspecified atom stereocenters. The number of fused-ring (bicyclic) bond motifs is 2. The Bertz CT molecular complexity index is 565. The van der Waals surface area contributed by atoms with Crippen LogP contribution in [0.4, 0.5) is 0 Å². The van der Waals surface area contributed by atoms with Crippen molar-refractivity contribution in [1.29, 1.82) is 5.26 Å². The number of benzene rings is 2. The molecular weight excluding hydrogens is 222 g/mol. The summed E-state index contributed by atoms with van der Waals surface area (Å²) >= 11 is 0. The average molecular weight is 235 g/mol. The third-order valence-electron chi connectivity index (χ3n) is 3.40. The highest BCUT2D eigenvalue weighted by Gasteiger charge is 2.23. The van der Waals surface area contributed by atoms with Crippen LogP contribution < -0.4 is 4.74 Å². The highest BCUT2D eigenvalue weighted by molar-refractivity contribution is 5.47. The van der Waals surface area contributed by atoms with Crippen LogP contribution >= 0.6 is 0 Å². The van der Waals surface area contributed by atoms with E-state index in [4.69, 9.17) is 10.00 Å². The van der Waals surface area contributed by atoms with Crippen molar-refractivity contribution in [2.45, 2.75) is 18.9 Å². The quantitative estimate of drug-likeness (QED) is 0.756. The Morgan fingerprint density at radius 1 is 1.06 bits per heavy atom. The highest BCUT2D eigenvalue weighted by Crippen LogP contribution is 2.38. The molecule has 1 atom stereocenters. The second kappa shape index (κ2) is 4.54. The van der Waals surface area contributed by atoms with Crippen molar-refractivity contribution in [2.75, 3.05) is 0 Å². The molecule has 0 bridgehead atoms. The molecule has 2 heteroatoms. The second-order valence-corrected chi connectivity index (χ2v) is 4.44. The summed E-state index contributed by atoms with van der Waals surface area (Å²) in [5.41, 5.74) is 3.50. The van der Waals surface area contributed by atoms with Gasteiger partial charge in [0.05, 0.1) is 6.07 Å². The molecule has 0 fully saturated rings. The molecule has 0 radical (unpaired) electrons. The van der Waals surface area contributed by atoms with Gasteiger partial charge in [-0.25, -0.2) is 0 Å². The minimum atomic E-state index is 0.116. The molecule has 0 amide bonds. The molecule has 2 nitrogen and oxygen atoms in total. The Morgan fingerprint density at radius 3 is 2.61 bits per heavy atom. The Balaban J connectivity index is 2.18. The molecule has 88 valence electrons. The summed E-state index contributed by atoms with van der Waals surface area (Å²) in [6.45, 7) is 0.578. The Labute approximate surface area is 106 Å². The molecule has 0 N–H and O–H groups in total. The maximum atomic E-state index is 9.07. The maximum Gasteiger partial charge on any atom is 0.123 e. The van der Waals surface area contributed by atoms with Gasteiger partial charge in [-0.3, -0.25) is 0 Å². The molecular formula is C16H13NO. The largest absolute Gasteiger partial charge is 0.489 e. The number of ether oxygens (including phenoxy) is 1. The van der Waals surface area contributed by atoms with Crippen LogP contribution in [0, 0.1) is 11.3 Å². The first-order chi connectivity index (χ1) is 8.90. The first-order valence-corrected chi connectivity index (χ1v) is 6.06. The molecule has 1 aliphatic heterocycles. The van der Waals surface area contributed by atoms with E-state index in [1.54, 1.807) is 0 Å². The zero-order valence-corrected chi connectivity index (χ0v) is 9.97. The zero-order chi connectivity index (χ0) is 12.4. The predicted molar refractivity (Wildman–Crippen MR) is 69.3 cm³/mol. The predicted octanol–water partition coefficient (Wildman–Crippen LogP) is 3.62. The molecule has 0 spiro atoms. The van der Waals surface area contributed by atoms with Crippen LogP contribution in [0.3, 0.4) is 0 Å². The number of rotatable bonds is 1. The van der Waals surface area contributed by atoms with Crippen molar-refractivity contribution < 1.29 is 4.74 Å². The van der Waals surface area contributed by atoms with Gasteiger partial charge in [0.25, 0.3) is 0 Å². The lowest BCUT2D eigenvalue weighted by Crippen LogP contribution is -2.01. The van der Waals surface area contributed by atoms with E-state index in [1.165, 1.54) is 11.1 Å². The zero-order valence-electron chi connectivity index (χ0n) is 9.97. The van der Waals surface area contributed by atoms with Crippen molar-refractivity contribution in [3.63, 3.8) is 0 Å². The third-order valence-corrected chi connectivity index (χ3v) is 3.40. The second-order valence-electron chi connectivity index (χ2n) is 4.44. The summed E-state index contributed by atoms with van der Waals surface area (Å²) in [5.74, 6) is 1.01. The van der Waals surface area contributed by atoms with E-state index in [1.807, 2.05) is 30.3 Å². The first-order valence-electron chi connectivity index (χ1n) is 6.06. The van der Waals surface area contributed by atoms with Gasteiger partial charge in [-0.1, -0.05) is 42.5 Å². The number of nitrogens with zero attached hydrogens (tertiary/aromatic N) is 1. The number of nitriles is 1. The molecule has 0 aliphatic carbocycles. The van der Waals surface area contributed by atoms with Crippen LogP contribution in [0.1, 0.15) is 29.0 Å². The van der Waals surface area contributed by atoms with Gasteiger partial charge in [0.1, 0.15) is 12.4 Å². The fraction of sp³-hybridized carbons (Fsp3) is 0.188. The topological polar surface area (TPSA) is 33.0 Å². The lowest BCUT2D eigenvalue weighted by Gasteiger charge is -2.15. The number of hydrogen-bond acceptors (Lipinski definition) is 2. The van der Waals surface area contributed by atoms with Gasteiger partial charge in [-0.2, -0.15) is 5.26 Å². The lowest BCUT2D eigenvalue weighted by molar-refractivity contribution is 0.306. The third kappa shape index (κ3) is 1.74. The van der Waals surface area contributed by atoms with Gasteiger partial charge < -0.3 is 4.74 Å². The Kier molecular flexibility index (Phi) is 2.74. The van der Waals surface area contributed by atoms with E-state index in [0.717, 1.165) is 11.3 Å².